The molecule has 0 saturated carbocycles. The molecule has 2 aromatic rings. The van der Waals surface area contributed by atoms with Crippen LogP contribution in [-0.2, 0) is 16.0 Å². The molecule has 5 heteroatoms. The molecule has 0 radical (unpaired) electrons. The van der Waals surface area contributed by atoms with Gasteiger partial charge in [0.1, 0.15) is 23.5 Å². The van der Waals surface area contributed by atoms with E-state index in [1.807, 2.05) is 51.1 Å². The Morgan fingerprint density at radius 3 is 2.58 bits per heavy atom. The maximum absolute atomic E-state index is 12.6. The number of anilines is 1. The SMILES string of the molecule is CC(C)(C)OC(=O)C(Cc1ccccc1)Nc1ncccc1C#N. The largest absolute Gasteiger partial charge is 0.458 e. The van der Waals surface area contributed by atoms with Gasteiger partial charge in [-0.25, -0.2) is 9.78 Å². The average Bonchev–Trinajstić information content (AvgIpc) is 2.54. The summed E-state index contributed by atoms with van der Waals surface area (Å²) in [4.78, 5) is 16.7. The van der Waals surface area contributed by atoms with Crippen molar-refractivity contribution in [2.75, 3.05) is 5.32 Å². The van der Waals surface area contributed by atoms with Crippen LogP contribution in [0.15, 0.2) is 48.7 Å². The first-order valence-electron chi connectivity index (χ1n) is 7.77. The van der Waals surface area contributed by atoms with Crippen molar-refractivity contribution in [2.24, 2.45) is 0 Å². The van der Waals surface area contributed by atoms with Gasteiger partial charge in [-0.05, 0) is 38.5 Å². The third kappa shape index (κ3) is 5.10. The van der Waals surface area contributed by atoms with Crippen LogP contribution >= 0.6 is 0 Å². The van der Waals surface area contributed by atoms with Crippen LogP contribution in [0.1, 0.15) is 31.9 Å². The van der Waals surface area contributed by atoms with Crippen molar-refractivity contribution in [1.29, 1.82) is 5.26 Å². The van der Waals surface area contributed by atoms with Crippen LogP contribution in [0, 0.1) is 11.3 Å². The molecule has 2 rings (SSSR count). The van der Waals surface area contributed by atoms with E-state index in [0.717, 1.165) is 5.56 Å². The number of carbonyl (C=O) groups is 1. The number of ether oxygens (including phenoxy) is 1. The van der Waals surface area contributed by atoms with Crippen LogP contribution in [0.4, 0.5) is 5.82 Å². The predicted molar refractivity (Wildman–Crippen MR) is 92.4 cm³/mol. The first kappa shape index (κ1) is 17.5. The minimum Gasteiger partial charge on any atom is -0.458 e. The van der Waals surface area contributed by atoms with E-state index in [9.17, 15) is 10.1 Å². The Morgan fingerprint density at radius 1 is 1.25 bits per heavy atom. The second kappa shape index (κ2) is 7.60. The first-order chi connectivity index (χ1) is 11.4. The van der Waals surface area contributed by atoms with E-state index in [-0.39, 0.29) is 5.97 Å². The quantitative estimate of drug-likeness (QED) is 0.854. The molecule has 0 aliphatic rings. The summed E-state index contributed by atoms with van der Waals surface area (Å²) >= 11 is 0. The van der Waals surface area contributed by atoms with Gasteiger partial charge in [-0.2, -0.15) is 5.26 Å². The lowest BCUT2D eigenvalue weighted by molar-refractivity contribution is -0.155. The minimum atomic E-state index is -0.631. The van der Waals surface area contributed by atoms with Crippen LogP contribution in [0.25, 0.3) is 0 Å². The molecule has 5 nitrogen and oxygen atoms in total. The molecule has 0 saturated heterocycles. The molecule has 1 N–H and O–H groups in total. The number of rotatable bonds is 5. The highest BCUT2D eigenvalue weighted by Crippen LogP contribution is 2.17. The van der Waals surface area contributed by atoms with Crippen molar-refractivity contribution in [3.05, 3.63) is 59.8 Å². The summed E-state index contributed by atoms with van der Waals surface area (Å²) in [6.45, 7) is 5.48. The fourth-order valence-corrected chi connectivity index (χ4v) is 2.19. The molecule has 0 bridgehead atoms. The highest BCUT2D eigenvalue weighted by molar-refractivity contribution is 5.80. The normalized spacial score (nSPS) is 12.1. The van der Waals surface area contributed by atoms with Gasteiger partial charge in [0.25, 0.3) is 0 Å². The number of nitrogens with one attached hydrogen (secondary N) is 1. The van der Waals surface area contributed by atoms with Crippen molar-refractivity contribution >= 4 is 11.8 Å². The van der Waals surface area contributed by atoms with Crippen molar-refractivity contribution in [2.45, 2.75) is 38.8 Å². The Bertz CT molecular complexity index is 730. The summed E-state index contributed by atoms with van der Waals surface area (Å²) in [5.74, 6) is 0.00712. The number of benzene rings is 1. The molecular formula is C19H21N3O2. The monoisotopic (exact) mass is 323 g/mol. The Hall–Kier alpha value is -2.87. The minimum absolute atomic E-state index is 0.374. The number of nitriles is 1. The molecule has 1 aromatic carbocycles. The van der Waals surface area contributed by atoms with Gasteiger partial charge in [0.05, 0.1) is 5.56 Å². The van der Waals surface area contributed by atoms with Crippen molar-refractivity contribution in [3.63, 3.8) is 0 Å². The summed E-state index contributed by atoms with van der Waals surface area (Å²) in [5, 5.41) is 12.3. The van der Waals surface area contributed by atoms with E-state index >= 15 is 0 Å². The van der Waals surface area contributed by atoms with Crippen LogP contribution < -0.4 is 5.32 Å². The maximum atomic E-state index is 12.6. The predicted octanol–water partition coefficient (Wildman–Crippen LogP) is 3.32. The molecule has 0 aliphatic carbocycles. The highest BCUT2D eigenvalue weighted by atomic mass is 16.6. The van der Waals surface area contributed by atoms with Gasteiger partial charge in [0.15, 0.2) is 0 Å². The van der Waals surface area contributed by atoms with Gasteiger partial charge in [-0.3, -0.25) is 0 Å². The van der Waals surface area contributed by atoms with Crippen LogP contribution in [0.3, 0.4) is 0 Å². The number of carbonyl (C=O) groups excluding carboxylic acids is 1. The number of hydrogen-bond acceptors (Lipinski definition) is 5. The third-order valence-corrected chi connectivity index (χ3v) is 3.21. The number of aromatic nitrogens is 1. The fraction of sp³-hybridized carbons (Fsp3) is 0.316. The lowest BCUT2D eigenvalue weighted by atomic mass is 10.1. The topological polar surface area (TPSA) is 75.0 Å². The van der Waals surface area contributed by atoms with E-state index in [1.54, 1.807) is 18.3 Å². The Balaban J connectivity index is 2.25. The molecule has 0 fully saturated rings. The lowest BCUT2D eigenvalue weighted by Crippen LogP contribution is -2.38. The second-order valence-electron chi connectivity index (χ2n) is 6.43. The number of esters is 1. The van der Waals surface area contributed by atoms with E-state index < -0.39 is 11.6 Å². The van der Waals surface area contributed by atoms with E-state index in [0.29, 0.717) is 17.8 Å². The van der Waals surface area contributed by atoms with E-state index in [2.05, 4.69) is 16.4 Å². The van der Waals surface area contributed by atoms with Crippen molar-refractivity contribution < 1.29 is 9.53 Å². The van der Waals surface area contributed by atoms with Gasteiger partial charge in [0.2, 0.25) is 0 Å². The molecule has 0 spiro atoms. The molecule has 0 amide bonds. The third-order valence-electron chi connectivity index (χ3n) is 3.21. The zero-order valence-corrected chi connectivity index (χ0v) is 14.1. The van der Waals surface area contributed by atoms with Gasteiger partial charge in [-0.15, -0.1) is 0 Å². The standard InChI is InChI=1S/C19H21N3O2/c1-19(2,3)24-18(23)16(12-14-8-5-4-6-9-14)22-17-15(13-20)10-7-11-21-17/h4-11,16H,12H2,1-3H3,(H,21,22). The zero-order chi connectivity index (χ0) is 17.6. The summed E-state index contributed by atoms with van der Waals surface area (Å²) in [7, 11) is 0. The molecule has 1 heterocycles. The van der Waals surface area contributed by atoms with Crippen LogP contribution in [-0.4, -0.2) is 22.6 Å². The first-order valence-corrected chi connectivity index (χ1v) is 7.77. The van der Waals surface area contributed by atoms with Crippen molar-refractivity contribution in [1.82, 2.24) is 4.98 Å². The molecule has 24 heavy (non-hydrogen) atoms. The second-order valence-corrected chi connectivity index (χ2v) is 6.43. The van der Waals surface area contributed by atoms with Crippen molar-refractivity contribution in [3.8, 4) is 6.07 Å². The van der Waals surface area contributed by atoms with E-state index in [1.165, 1.54) is 0 Å². The molecular weight excluding hydrogens is 302 g/mol. The average molecular weight is 323 g/mol. The molecule has 1 aromatic heterocycles. The van der Waals surface area contributed by atoms with Crippen LogP contribution in [0.2, 0.25) is 0 Å². The molecule has 124 valence electrons. The summed E-state index contributed by atoms with van der Waals surface area (Å²) < 4.78 is 5.51. The van der Waals surface area contributed by atoms with Gasteiger partial charge < -0.3 is 10.1 Å². The molecule has 1 unspecified atom stereocenters. The molecule has 0 aliphatic heterocycles. The maximum Gasteiger partial charge on any atom is 0.329 e. The van der Waals surface area contributed by atoms with Gasteiger partial charge in [0, 0.05) is 12.6 Å². The number of pyridine rings is 1. The smallest absolute Gasteiger partial charge is 0.329 e. The van der Waals surface area contributed by atoms with E-state index in [4.69, 9.17) is 4.74 Å². The van der Waals surface area contributed by atoms with Gasteiger partial charge in [-0.1, -0.05) is 30.3 Å². The Kier molecular flexibility index (Phi) is 5.54. The number of hydrogen-bond donors (Lipinski definition) is 1. The summed E-state index contributed by atoms with van der Waals surface area (Å²) in [5.41, 5.74) is 0.796. The number of nitrogens with zero attached hydrogens (tertiary/aromatic N) is 2. The zero-order valence-electron chi connectivity index (χ0n) is 14.1. The lowest BCUT2D eigenvalue weighted by Gasteiger charge is -2.25. The fourth-order valence-electron chi connectivity index (χ4n) is 2.19. The van der Waals surface area contributed by atoms with Gasteiger partial charge >= 0.3 is 5.97 Å². The molecule has 1 atom stereocenters. The van der Waals surface area contributed by atoms with Crippen LogP contribution in [0.5, 0.6) is 0 Å². The summed E-state index contributed by atoms with van der Waals surface area (Å²) in [6.07, 6.45) is 2.02. The Morgan fingerprint density at radius 2 is 1.96 bits per heavy atom. The Labute approximate surface area is 142 Å². The highest BCUT2D eigenvalue weighted by Gasteiger charge is 2.26. The summed E-state index contributed by atoms with van der Waals surface area (Å²) in [6, 6.07) is 14.4.